The third kappa shape index (κ3) is 2.87. The molecule has 0 aromatic rings. The Morgan fingerprint density at radius 1 is 1.36 bits per heavy atom. The first kappa shape index (κ1) is 11.3. The Hall–Kier alpha value is -0.770. The summed E-state index contributed by atoms with van der Waals surface area (Å²) >= 11 is 0. The van der Waals surface area contributed by atoms with E-state index < -0.39 is 5.60 Å². The Morgan fingerprint density at radius 3 is 2.29 bits per heavy atom. The largest absolute Gasteiger partial charge is 0.443 e. The minimum Gasteiger partial charge on any atom is -0.443 e. The van der Waals surface area contributed by atoms with Crippen LogP contribution in [0.4, 0.5) is 4.79 Å². The molecule has 14 heavy (non-hydrogen) atoms. The normalized spacial score (nSPS) is 24.1. The second-order valence-corrected chi connectivity index (χ2v) is 5.01. The number of hydrogen-bond donors (Lipinski definition) is 0. The van der Waals surface area contributed by atoms with E-state index >= 15 is 0 Å². The summed E-state index contributed by atoms with van der Waals surface area (Å²) in [4.78, 5) is 11.7. The van der Waals surface area contributed by atoms with Crippen molar-refractivity contribution in [3.63, 3.8) is 0 Å². The molecule has 1 heterocycles. The van der Waals surface area contributed by atoms with Gasteiger partial charge in [-0.3, -0.25) is 0 Å². The molecule has 0 saturated carbocycles. The lowest BCUT2D eigenvalue weighted by molar-refractivity contribution is -0.0163. The van der Waals surface area contributed by atoms with Crippen molar-refractivity contribution >= 4 is 6.09 Å². The van der Waals surface area contributed by atoms with E-state index in [2.05, 4.69) is 6.92 Å². The lowest BCUT2D eigenvalue weighted by atomic mass is 10.2. The fourth-order valence-corrected chi connectivity index (χ4v) is 1.57. The maximum Gasteiger partial charge on any atom is 0.424 e. The van der Waals surface area contributed by atoms with Gasteiger partial charge >= 0.3 is 6.09 Å². The van der Waals surface area contributed by atoms with Crippen LogP contribution in [-0.4, -0.2) is 41.8 Å². The molecule has 1 aliphatic rings. The smallest absolute Gasteiger partial charge is 0.424 e. The van der Waals surface area contributed by atoms with Crippen molar-refractivity contribution in [1.29, 1.82) is 0 Å². The highest BCUT2D eigenvalue weighted by Crippen LogP contribution is 2.17. The molecule has 1 unspecified atom stereocenters. The molecule has 0 aromatic heterocycles. The second kappa shape index (κ2) is 3.77. The average Bonchev–Trinajstić information content (AvgIpc) is 2.26. The molecule has 0 aromatic carbocycles. The average molecular weight is 200 g/mol. The van der Waals surface area contributed by atoms with E-state index in [9.17, 15) is 4.79 Å². The van der Waals surface area contributed by atoms with Gasteiger partial charge in [0.05, 0.1) is 0 Å². The van der Waals surface area contributed by atoms with Crippen LogP contribution in [0, 0.1) is 5.92 Å². The lowest BCUT2D eigenvalue weighted by Crippen LogP contribution is -2.42. The summed E-state index contributed by atoms with van der Waals surface area (Å²) in [6, 6.07) is 0. The monoisotopic (exact) mass is 200 g/mol. The van der Waals surface area contributed by atoms with Crippen LogP contribution >= 0.6 is 0 Å². The number of amides is 1. The maximum atomic E-state index is 11.7. The molecule has 82 valence electrons. The van der Waals surface area contributed by atoms with Gasteiger partial charge in [-0.05, 0) is 26.7 Å². The number of nitrogens with zero attached hydrogens (tertiary/aromatic N) is 2. The Bertz CT molecular complexity index is 223. The van der Waals surface area contributed by atoms with E-state index in [0.717, 1.165) is 13.1 Å². The third-order valence-electron chi connectivity index (χ3n) is 2.08. The van der Waals surface area contributed by atoms with Gasteiger partial charge in [0, 0.05) is 20.1 Å². The van der Waals surface area contributed by atoms with Crippen LogP contribution in [-0.2, 0) is 4.74 Å². The minimum atomic E-state index is -0.413. The molecule has 1 aliphatic heterocycles. The van der Waals surface area contributed by atoms with Gasteiger partial charge < -0.3 is 4.74 Å². The van der Waals surface area contributed by atoms with Crippen LogP contribution in [0.25, 0.3) is 0 Å². The molecule has 4 nitrogen and oxygen atoms in total. The number of carbonyl (C=O) groups is 1. The summed E-state index contributed by atoms with van der Waals surface area (Å²) in [5.41, 5.74) is -0.413. The third-order valence-corrected chi connectivity index (χ3v) is 2.08. The predicted molar refractivity (Wildman–Crippen MR) is 54.7 cm³/mol. The molecule has 0 radical (unpaired) electrons. The van der Waals surface area contributed by atoms with Crippen molar-refractivity contribution < 1.29 is 9.53 Å². The van der Waals surface area contributed by atoms with E-state index in [1.165, 1.54) is 0 Å². The number of hydrogen-bond acceptors (Lipinski definition) is 3. The Balaban J connectivity index is 2.53. The van der Waals surface area contributed by atoms with Gasteiger partial charge in [-0.2, -0.15) is 0 Å². The van der Waals surface area contributed by atoms with Crippen molar-refractivity contribution in [2.24, 2.45) is 5.92 Å². The van der Waals surface area contributed by atoms with Crippen molar-refractivity contribution in [2.75, 3.05) is 20.1 Å². The van der Waals surface area contributed by atoms with Crippen molar-refractivity contribution in [3.8, 4) is 0 Å². The summed E-state index contributed by atoms with van der Waals surface area (Å²) in [6.45, 7) is 9.44. The van der Waals surface area contributed by atoms with Crippen LogP contribution in [0.3, 0.4) is 0 Å². The SMILES string of the molecule is CC1CN(C)N(C(=O)OC(C)(C)C)C1. The number of ether oxygens (including phenoxy) is 1. The standard InChI is InChI=1S/C10H20N2O2/c1-8-6-11(5)12(7-8)9(13)14-10(2,3)4/h8H,6-7H2,1-5H3. The van der Waals surface area contributed by atoms with E-state index in [1.54, 1.807) is 5.01 Å². The fraction of sp³-hybridized carbons (Fsp3) is 0.900. The first-order valence-corrected chi connectivity index (χ1v) is 5.01. The summed E-state index contributed by atoms with van der Waals surface area (Å²) in [7, 11) is 1.91. The fourth-order valence-electron chi connectivity index (χ4n) is 1.57. The number of rotatable bonds is 0. The van der Waals surface area contributed by atoms with Gasteiger partial charge in [0.25, 0.3) is 0 Å². The minimum absolute atomic E-state index is 0.246. The predicted octanol–water partition coefficient (Wildman–Crippen LogP) is 1.72. The summed E-state index contributed by atoms with van der Waals surface area (Å²) < 4.78 is 5.29. The molecule has 1 amide bonds. The Kier molecular flexibility index (Phi) is 3.04. The van der Waals surface area contributed by atoms with Crippen LogP contribution < -0.4 is 0 Å². The number of carbonyl (C=O) groups excluding carboxylic acids is 1. The van der Waals surface area contributed by atoms with E-state index in [-0.39, 0.29) is 6.09 Å². The van der Waals surface area contributed by atoms with Crippen LogP contribution in [0.15, 0.2) is 0 Å². The Labute approximate surface area is 85.8 Å². The number of hydrazine groups is 1. The highest BCUT2D eigenvalue weighted by Gasteiger charge is 2.31. The highest BCUT2D eigenvalue weighted by atomic mass is 16.6. The lowest BCUT2D eigenvalue weighted by Gasteiger charge is -2.27. The molecule has 1 atom stereocenters. The topological polar surface area (TPSA) is 32.8 Å². The van der Waals surface area contributed by atoms with Crippen LogP contribution in [0.1, 0.15) is 27.7 Å². The van der Waals surface area contributed by atoms with E-state index in [1.807, 2.05) is 32.8 Å². The molecule has 1 saturated heterocycles. The van der Waals surface area contributed by atoms with Crippen LogP contribution in [0.5, 0.6) is 0 Å². The molecular formula is C10H20N2O2. The van der Waals surface area contributed by atoms with Crippen molar-refractivity contribution in [3.05, 3.63) is 0 Å². The van der Waals surface area contributed by atoms with Gasteiger partial charge in [-0.25, -0.2) is 14.8 Å². The van der Waals surface area contributed by atoms with Crippen molar-refractivity contribution in [1.82, 2.24) is 10.0 Å². The summed E-state index contributed by atoms with van der Waals surface area (Å²) in [5.74, 6) is 0.521. The first-order chi connectivity index (χ1) is 6.29. The van der Waals surface area contributed by atoms with Gasteiger partial charge in [0.15, 0.2) is 0 Å². The van der Waals surface area contributed by atoms with Crippen LogP contribution in [0.2, 0.25) is 0 Å². The van der Waals surface area contributed by atoms with Crippen molar-refractivity contribution in [2.45, 2.75) is 33.3 Å². The molecule has 0 bridgehead atoms. The van der Waals surface area contributed by atoms with Gasteiger partial charge in [-0.1, -0.05) is 6.92 Å². The van der Waals surface area contributed by atoms with Gasteiger partial charge in [0.1, 0.15) is 5.60 Å². The zero-order chi connectivity index (χ0) is 10.9. The molecular weight excluding hydrogens is 180 g/mol. The van der Waals surface area contributed by atoms with Gasteiger partial charge in [0.2, 0.25) is 0 Å². The second-order valence-electron chi connectivity index (χ2n) is 5.01. The summed E-state index contributed by atoms with van der Waals surface area (Å²) in [6.07, 6.45) is -0.246. The zero-order valence-electron chi connectivity index (χ0n) is 9.70. The zero-order valence-corrected chi connectivity index (χ0v) is 9.70. The molecule has 0 N–H and O–H groups in total. The Morgan fingerprint density at radius 2 is 1.93 bits per heavy atom. The molecule has 4 heteroatoms. The molecule has 1 rings (SSSR count). The molecule has 0 spiro atoms. The molecule has 0 aliphatic carbocycles. The van der Waals surface area contributed by atoms with E-state index in [0.29, 0.717) is 5.92 Å². The summed E-state index contributed by atoms with van der Waals surface area (Å²) in [5, 5.41) is 3.58. The van der Waals surface area contributed by atoms with E-state index in [4.69, 9.17) is 4.74 Å². The molecule has 1 fully saturated rings. The maximum absolute atomic E-state index is 11.7. The van der Waals surface area contributed by atoms with Gasteiger partial charge in [-0.15, -0.1) is 0 Å². The first-order valence-electron chi connectivity index (χ1n) is 5.01. The quantitative estimate of drug-likeness (QED) is 0.597. The highest BCUT2D eigenvalue weighted by molar-refractivity contribution is 5.67.